The van der Waals surface area contributed by atoms with Crippen molar-refractivity contribution in [3.8, 4) is 5.75 Å². The highest BCUT2D eigenvalue weighted by atomic mass is 16.3. The Balaban J connectivity index is 2.18. The highest BCUT2D eigenvalue weighted by molar-refractivity contribution is 5.43. The van der Waals surface area contributed by atoms with Crippen molar-refractivity contribution in [3.63, 3.8) is 0 Å². The molecule has 0 saturated heterocycles. The van der Waals surface area contributed by atoms with Gasteiger partial charge in [-0.15, -0.1) is 0 Å². The Hall–Kier alpha value is -1.31. The lowest BCUT2D eigenvalue weighted by molar-refractivity contribution is 0.471. The topological polar surface area (TPSA) is 37.3 Å². The van der Waals surface area contributed by atoms with E-state index in [0.717, 1.165) is 11.5 Å². The van der Waals surface area contributed by atoms with E-state index in [1.807, 2.05) is 6.07 Å². The van der Waals surface area contributed by atoms with Gasteiger partial charge in [-0.25, -0.2) is 0 Å². The fourth-order valence-corrected chi connectivity index (χ4v) is 2.07. The Morgan fingerprint density at radius 2 is 2.08 bits per heavy atom. The lowest BCUT2D eigenvalue weighted by Crippen LogP contribution is -1.99. The van der Waals surface area contributed by atoms with Crippen LogP contribution in [0.15, 0.2) is 29.1 Å². The molecule has 0 aromatic heterocycles. The summed E-state index contributed by atoms with van der Waals surface area (Å²) in [5.74, 6) is 0.678. The first-order chi connectivity index (χ1) is 6.22. The summed E-state index contributed by atoms with van der Waals surface area (Å²) >= 11 is 0. The molecule has 3 rings (SSSR count). The summed E-state index contributed by atoms with van der Waals surface area (Å²) in [5.41, 5.74) is 1.21. The van der Waals surface area contributed by atoms with E-state index in [1.165, 1.54) is 18.9 Å². The molecule has 2 heteroatoms. The van der Waals surface area contributed by atoms with Crippen LogP contribution in [0.4, 0.5) is 0 Å². The van der Waals surface area contributed by atoms with Crippen molar-refractivity contribution in [3.05, 3.63) is 40.1 Å². The molecule has 2 nitrogen and oxygen atoms in total. The van der Waals surface area contributed by atoms with E-state index in [1.54, 1.807) is 12.1 Å². The van der Waals surface area contributed by atoms with E-state index in [4.69, 9.17) is 0 Å². The van der Waals surface area contributed by atoms with Gasteiger partial charge in [0.1, 0.15) is 0 Å². The molecule has 0 radical (unpaired) electrons. The highest BCUT2D eigenvalue weighted by Crippen LogP contribution is 2.75. The molecule has 2 fully saturated rings. The summed E-state index contributed by atoms with van der Waals surface area (Å²) in [5, 5.41) is 9.19. The number of hydrogen-bond donors (Lipinski definition) is 1. The molecule has 0 bridgehead atoms. The van der Waals surface area contributed by atoms with Crippen molar-refractivity contribution in [2.75, 3.05) is 0 Å². The van der Waals surface area contributed by atoms with Crippen LogP contribution < -0.4 is 5.43 Å². The molecule has 0 spiro atoms. The van der Waals surface area contributed by atoms with E-state index >= 15 is 0 Å². The molecule has 0 unspecified atom stereocenters. The number of rotatable bonds is 1. The molecule has 13 heavy (non-hydrogen) atoms. The Bertz CT molecular complexity index is 430. The summed E-state index contributed by atoms with van der Waals surface area (Å²) in [6.45, 7) is 0. The van der Waals surface area contributed by atoms with Gasteiger partial charge in [-0.1, -0.05) is 12.1 Å². The van der Waals surface area contributed by atoms with Gasteiger partial charge in [-0.3, -0.25) is 4.79 Å². The molecule has 1 aromatic carbocycles. The molecule has 1 aromatic rings. The highest BCUT2D eigenvalue weighted by Gasteiger charge is 2.70. The van der Waals surface area contributed by atoms with Crippen molar-refractivity contribution >= 4 is 0 Å². The normalized spacial score (nSPS) is 33.7. The Kier molecular flexibility index (Phi) is 1.07. The van der Waals surface area contributed by atoms with Crippen LogP contribution in [0.5, 0.6) is 5.75 Å². The molecule has 0 aliphatic heterocycles. The largest absolute Gasteiger partial charge is 0.504 e. The minimum atomic E-state index is -0.257. The molecular weight excluding hydrogens is 164 g/mol. The molecule has 2 saturated carbocycles. The summed E-state index contributed by atoms with van der Waals surface area (Å²) < 4.78 is 0. The Morgan fingerprint density at radius 1 is 1.38 bits per heavy atom. The third kappa shape index (κ3) is 0.857. The van der Waals surface area contributed by atoms with Crippen molar-refractivity contribution in [2.45, 2.75) is 18.3 Å². The molecule has 66 valence electrons. The molecule has 0 heterocycles. The quantitative estimate of drug-likeness (QED) is 0.699. The van der Waals surface area contributed by atoms with Gasteiger partial charge in [-0.05, 0) is 41.9 Å². The predicted molar refractivity (Wildman–Crippen MR) is 48.8 cm³/mol. The monoisotopic (exact) mass is 174 g/mol. The van der Waals surface area contributed by atoms with Crippen LogP contribution in [0.25, 0.3) is 0 Å². The van der Waals surface area contributed by atoms with Gasteiger partial charge >= 0.3 is 0 Å². The minimum absolute atomic E-state index is 0.152. The molecule has 2 aliphatic rings. The number of aromatic hydroxyl groups is 1. The van der Waals surface area contributed by atoms with E-state index in [2.05, 4.69) is 0 Å². The van der Waals surface area contributed by atoms with Crippen molar-refractivity contribution < 1.29 is 5.11 Å². The summed E-state index contributed by atoms with van der Waals surface area (Å²) in [6.07, 6.45) is 2.47. The fourth-order valence-electron chi connectivity index (χ4n) is 2.07. The van der Waals surface area contributed by atoms with Crippen LogP contribution in [-0.2, 0) is 5.41 Å². The third-order valence-corrected chi connectivity index (χ3v) is 3.33. The standard InChI is InChI=1S/C11H10O2/c12-9-3-1-2-7(4-10(9)13)11-5-8(11)6-11/h1-4,8H,5-6H2,(H,12,13). The zero-order chi connectivity index (χ0) is 9.05. The SMILES string of the molecule is O=c1cc(C23CC2C3)cccc1O. The first kappa shape index (κ1) is 7.13. The zero-order valence-corrected chi connectivity index (χ0v) is 7.16. The maximum Gasteiger partial charge on any atom is 0.220 e. The predicted octanol–water partition coefficient (Wildman–Crippen LogP) is 1.41. The van der Waals surface area contributed by atoms with Crippen LogP contribution in [0.3, 0.4) is 0 Å². The average Bonchev–Trinajstić information content (AvgIpc) is 2.85. The van der Waals surface area contributed by atoms with E-state index in [-0.39, 0.29) is 11.2 Å². The third-order valence-electron chi connectivity index (χ3n) is 3.33. The smallest absolute Gasteiger partial charge is 0.220 e. The van der Waals surface area contributed by atoms with Crippen LogP contribution in [0.1, 0.15) is 18.4 Å². The molecule has 0 atom stereocenters. The van der Waals surface area contributed by atoms with Gasteiger partial charge in [0.2, 0.25) is 5.43 Å². The molecule has 2 aliphatic carbocycles. The second kappa shape index (κ2) is 1.95. The number of fused-ring (bicyclic) bond motifs is 1. The van der Waals surface area contributed by atoms with Gasteiger partial charge in [0.05, 0.1) is 0 Å². The maximum absolute atomic E-state index is 11.3. The molecular formula is C11H10O2. The second-order valence-corrected chi connectivity index (χ2v) is 4.14. The van der Waals surface area contributed by atoms with Gasteiger partial charge in [-0.2, -0.15) is 0 Å². The summed E-state index contributed by atoms with van der Waals surface area (Å²) in [6, 6.07) is 6.76. The lowest BCUT2D eigenvalue weighted by Gasteiger charge is -1.97. The maximum atomic E-state index is 11.3. The van der Waals surface area contributed by atoms with Crippen molar-refractivity contribution in [1.29, 1.82) is 0 Å². The first-order valence-corrected chi connectivity index (χ1v) is 4.56. The van der Waals surface area contributed by atoms with Gasteiger partial charge in [0.15, 0.2) is 5.75 Å². The summed E-state index contributed by atoms with van der Waals surface area (Å²) in [7, 11) is 0. The van der Waals surface area contributed by atoms with Crippen LogP contribution in [0.2, 0.25) is 0 Å². The average molecular weight is 174 g/mol. The van der Waals surface area contributed by atoms with Crippen LogP contribution in [-0.4, -0.2) is 5.11 Å². The molecule has 1 N–H and O–H groups in total. The fraction of sp³-hybridized carbons (Fsp3) is 0.364. The second-order valence-electron chi connectivity index (χ2n) is 4.14. The molecule has 0 amide bonds. The van der Waals surface area contributed by atoms with E-state index < -0.39 is 0 Å². The Labute approximate surface area is 75.8 Å². The van der Waals surface area contributed by atoms with Gasteiger partial charge < -0.3 is 5.11 Å². The van der Waals surface area contributed by atoms with Crippen molar-refractivity contribution in [2.24, 2.45) is 5.92 Å². The van der Waals surface area contributed by atoms with Gasteiger partial charge in [0.25, 0.3) is 0 Å². The Morgan fingerprint density at radius 3 is 2.69 bits per heavy atom. The number of hydrogen-bond acceptors (Lipinski definition) is 2. The van der Waals surface area contributed by atoms with Crippen LogP contribution in [0, 0.1) is 5.92 Å². The van der Waals surface area contributed by atoms with E-state index in [0.29, 0.717) is 5.41 Å². The van der Waals surface area contributed by atoms with Crippen molar-refractivity contribution in [1.82, 2.24) is 0 Å². The van der Waals surface area contributed by atoms with Crippen LogP contribution >= 0.6 is 0 Å². The lowest BCUT2D eigenvalue weighted by atomic mass is 10.1. The first-order valence-electron chi connectivity index (χ1n) is 4.56. The minimum Gasteiger partial charge on any atom is -0.504 e. The van der Waals surface area contributed by atoms with E-state index in [9.17, 15) is 9.90 Å². The van der Waals surface area contributed by atoms with Gasteiger partial charge in [0, 0.05) is 0 Å². The zero-order valence-electron chi connectivity index (χ0n) is 7.16. The summed E-state index contributed by atoms with van der Waals surface area (Å²) in [4.78, 5) is 11.3.